The highest BCUT2D eigenvalue weighted by Gasteiger charge is 2.43. The molecule has 20 heavy (non-hydrogen) atoms. The molecule has 2 unspecified atom stereocenters. The molecule has 0 saturated carbocycles. The quantitative estimate of drug-likeness (QED) is 0.834. The van der Waals surface area contributed by atoms with E-state index in [9.17, 15) is 4.79 Å². The summed E-state index contributed by atoms with van der Waals surface area (Å²) >= 11 is 9.37. The molecule has 0 aromatic heterocycles. The highest BCUT2D eigenvalue weighted by atomic mass is 79.9. The van der Waals surface area contributed by atoms with E-state index in [1.807, 2.05) is 19.1 Å². The van der Waals surface area contributed by atoms with E-state index < -0.39 is 5.54 Å². The Morgan fingerprint density at radius 2 is 2.35 bits per heavy atom. The zero-order chi connectivity index (χ0) is 14.8. The average Bonchev–Trinajstić information content (AvgIpc) is 2.42. The minimum Gasteiger partial charge on any atom is -0.467 e. The van der Waals surface area contributed by atoms with Crippen LogP contribution in [-0.2, 0) is 14.3 Å². The SMILES string of the molecule is COC(=O)C1(Nc2ccc(Cl)c(Br)c2)CCOC(C)C1. The number of ether oxygens (including phenoxy) is 2. The molecule has 4 nitrogen and oxygen atoms in total. The van der Waals surface area contributed by atoms with Crippen LogP contribution in [0.3, 0.4) is 0 Å². The lowest BCUT2D eigenvalue weighted by molar-refractivity contribution is -0.151. The van der Waals surface area contributed by atoms with Gasteiger partial charge in [0.2, 0.25) is 0 Å². The van der Waals surface area contributed by atoms with Gasteiger partial charge in [0, 0.05) is 29.6 Å². The van der Waals surface area contributed by atoms with Gasteiger partial charge in [-0.25, -0.2) is 4.79 Å². The third kappa shape index (κ3) is 3.27. The van der Waals surface area contributed by atoms with Gasteiger partial charge in [-0.2, -0.15) is 0 Å². The summed E-state index contributed by atoms with van der Waals surface area (Å²) in [5.74, 6) is -0.265. The van der Waals surface area contributed by atoms with Crippen LogP contribution in [0.4, 0.5) is 5.69 Å². The molecular formula is C14H17BrClNO3. The van der Waals surface area contributed by atoms with Crippen LogP contribution in [0, 0.1) is 0 Å². The molecule has 1 saturated heterocycles. The molecule has 0 spiro atoms. The summed E-state index contributed by atoms with van der Waals surface area (Å²) in [5.41, 5.74) is 0.0699. The van der Waals surface area contributed by atoms with Crippen LogP contribution >= 0.6 is 27.5 Å². The fourth-order valence-electron chi connectivity index (χ4n) is 2.48. The lowest BCUT2D eigenvalue weighted by Crippen LogP contribution is -2.53. The molecule has 1 aliphatic heterocycles. The minimum atomic E-state index is -0.750. The fraction of sp³-hybridized carbons (Fsp3) is 0.500. The highest BCUT2D eigenvalue weighted by Crippen LogP contribution is 2.33. The van der Waals surface area contributed by atoms with E-state index in [1.165, 1.54) is 7.11 Å². The van der Waals surface area contributed by atoms with Crippen LogP contribution in [-0.4, -0.2) is 31.3 Å². The summed E-state index contributed by atoms with van der Waals surface area (Å²) in [7, 11) is 1.41. The molecular weight excluding hydrogens is 346 g/mol. The summed E-state index contributed by atoms with van der Waals surface area (Å²) in [6.45, 7) is 2.48. The van der Waals surface area contributed by atoms with Gasteiger partial charge in [-0.3, -0.25) is 0 Å². The van der Waals surface area contributed by atoms with Crippen molar-refractivity contribution in [2.45, 2.75) is 31.4 Å². The molecule has 1 aliphatic rings. The highest BCUT2D eigenvalue weighted by molar-refractivity contribution is 9.10. The molecule has 0 radical (unpaired) electrons. The van der Waals surface area contributed by atoms with Crippen LogP contribution in [0.25, 0.3) is 0 Å². The molecule has 0 amide bonds. The summed E-state index contributed by atoms with van der Waals surface area (Å²) in [6, 6.07) is 5.48. The Morgan fingerprint density at radius 3 is 2.95 bits per heavy atom. The minimum absolute atomic E-state index is 0.00564. The maximum atomic E-state index is 12.2. The largest absolute Gasteiger partial charge is 0.467 e. The van der Waals surface area contributed by atoms with Crippen molar-refractivity contribution in [3.63, 3.8) is 0 Å². The zero-order valence-corrected chi connectivity index (χ0v) is 13.8. The number of rotatable bonds is 3. The Labute approximate surface area is 131 Å². The second kappa shape index (κ2) is 6.33. The molecule has 2 atom stereocenters. The number of hydrogen-bond donors (Lipinski definition) is 1. The number of hydrogen-bond acceptors (Lipinski definition) is 4. The number of benzene rings is 1. The molecule has 1 fully saturated rings. The standard InChI is InChI=1S/C14H17BrClNO3/c1-9-8-14(5-6-20-9,13(18)19-2)17-10-3-4-12(16)11(15)7-10/h3-4,7,9,17H,5-6,8H2,1-2H3. The van der Waals surface area contributed by atoms with Gasteiger partial charge >= 0.3 is 5.97 Å². The van der Waals surface area contributed by atoms with Crippen LogP contribution in [0.1, 0.15) is 19.8 Å². The molecule has 1 aromatic rings. The fourth-order valence-corrected chi connectivity index (χ4v) is 2.98. The van der Waals surface area contributed by atoms with Crippen LogP contribution < -0.4 is 5.32 Å². The second-order valence-electron chi connectivity index (χ2n) is 4.96. The van der Waals surface area contributed by atoms with Gasteiger partial charge in [0.05, 0.1) is 18.2 Å². The lowest BCUT2D eigenvalue weighted by Gasteiger charge is -2.38. The number of carbonyl (C=O) groups is 1. The van der Waals surface area contributed by atoms with Gasteiger partial charge in [-0.05, 0) is 41.1 Å². The Kier molecular flexibility index (Phi) is 4.94. The van der Waals surface area contributed by atoms with Crippen molar-refractivity contribution in [1.29, 1.82) is 0 Å². The van der Waals surface area contributed by atoms with E-state index in [-0.39, 0.29) is 12.1 Å². The number of halogens is 2. The number of carbonyl (C=O) groups excluding carboxylic acids is 1. The van der Waals surface area contributed by atoms with Gasteiger partial charge in [-0.1, -0.05) is 11.6 Å². The first-order valence-corrected chi connectivity index (χ1v) is 7.57. The number of methoxy groups -OCH3 is 1. The summed E-state index contributed by atoms with van der Waals surface area (Å²) in [6.07, 6.45) is 1.15. The van der Waals surface area contributed by atoms with E-state index >= 15 is 0 Å². The predicted molar refractivity (Wildman–Crippen MR) is 82.2 cm³/mol. The molecule has 0 bridgehead atoms. The first-order valence-electron chi connectivity index (χ1n) is 6.40. The maximum absolute atomic E-state index is 12.2. The van der Waals surface area contributed by atoms with Crippen molar-refractivity contribution >= 4 is 39.2 Å². The Bertz CT molecular complexity index is 511. The first kappa shape index (κ1) is 15.6. The Morgan fingerprint density at radius 1 is 1.60 bits per heavy atom. The summed E-state index contributed by atoms with van der Waals surface area (Å²) in [4.78, 5) is 12.2. The van der Waals surface area contributed by atoms with Gasteiger partial charge in [-0.15, -0.1) is 0 Å². The number of nitrogens with one attached hydrogen (secondary N) is 1. The zero-order valence-electron chi connectivity index (χ0n) is 11.4. The van der Waals surface area contributed by atoms with E-state index in [0.29, 0.717) is 24.5 Å². The monoisotopic (exact) mass is 361 g/mol. The smallest absolute Gasteiger partial charge is 0.331 e. The Balaban J connectivity index is 2.27. The van der Waals surface area contributed by atoms with Gasteiger partial charge in [0.25, 0.3) is 0 Å². The molecule has 2 rings (SSSR count). The van der Waals surface area contributed by atoms with E-state index in [2.05, 4.69) is 21.2 Å². The van der Waals surface area contributed by atoms with Crippen molar-refractivity contribution in [3.05, 3.63) is 27.7 Å². The van der Waals surface area contributed by atoms with Crippen molar-refractivity contribution in [2.75, 3.05) is 19.0 Å². The second-order valence-corrected chi connectivity index (χ2v) is 6.22. The Hall–Kier alpha value is -0.780. The molecule has 1 heterocycles. The van der Waals surface area contributed by atoms with Gasteiger partial charge in [0.1, 0.15) is 5.54 Å². The molecule has 1 aromatic carbocycles. The predicted octanol–water partition coefficient (Wildman–Crippen LogP) is 3.63. The average molecular weight is 363 g/mol. The third-order valence-electron chi connectivity index (χ3n) is 3.45. The molecule has 1 N–H and O–H groups in total. The van der Waals surface area contributed by atoms with Crippen LogP contribution in [0.5, 0.6) is 0 Å². The van der Waals surface area contributed by atoms with Gasteiger partial charge < -0.3 is 14.8 Å². The van der Waals surface area contributed by atoms with Crippen molar-refractivity contribution in [2.24, 2.45) is 0 Å². The summed E-state index contributed by atoms with van der Waals surface area (Å²) in [5, 5.41) is 3.93. The molecule has 110 valence electrons. The van der Waals surface area contributed by atoms with E-state index in [1.54, 1.807) is 6.07 Å². The molecule has 6 heteroatoms. The first-order chi connectivity index (χ1) is 9.47. The van der Waals surface area contributed by atoms with E-state index in [4.69, 9.17) is 21.1 Å². The lowest BCUT2D eigenvalue weighted by atomic mass is 9.86. The number of anilines is 1. The van der Waals surface area contributed by atoms with Gasteiger partial charge in [0.15, 0.2) is 0 Å². The van der Waals surface area contributed by atoms with Crippen LogP contribution in [0.2, 0.25) is 5.02 Å². The summed E-state index contributed by atoms with van der Waals surface area (Å²) < 4.78 is 11.3. The normalized spacial score (nSPS) is 26.1. The van der Waals surface area contributed by atoms with Crippen LogP contribution in [0.15, 0.2) is 22.7 Å². The topological polar surface area (TPSA) is 47.6 Å². The van der Waals surface area contributed by atoms with Crippen molar-refractivity contribution in [1.82, 2.24) is 0 Å². The molecule has 0 aliphatic carbocycles. The maximum Gasteiger partial charge on any atom is 0.331 e. The van der Waals surface area contributed by atoms with E-state index in [0.717, 1.165) is 10.2 Å². The van der Waals surface area contributed by atoms with Crippen molar-refractivity contribution < 1.29 is 14.3 Å². The number of esters is 1. The van der Waals surface area contributed by atoms with Crippen molar-refractivity contribution in [3.8, 4) is 0 Å². The third-order valence-corrected chi connectivity index (χ3v) is 4.66.